The lowest BCUT2D eigenvalue weighted by Gasteiger charge is -2.30. The minimum Gasteiger partial charge on any atom is -0.389 e. The fourth-order valence-corrected chi connectivity index (χ4v) is 3.00. The Balaban J connectivity index is 1.78. The Morgan fingerprint density at radius 1 is 1.38 bits per heavy atom. The molecule has 4 heteroatoms. The van der Waals surface area contributed by atoms with Crippen LogP contribution in [0.3, 0.4) is 0 Å². The van der Waals surface area contributed by atoms with Gasteiger partial charge in [-0.25, -0.2) is 4.98 Å². The van der Waals surface area contributed by atoms with Gasteiger partial charge in [-0.05, 0) is 50.8 Å². The van der Waals surface area contributed by atoms with Gasteiger partial charge in [0.1, 0.15) is 5.82 Å². The quantitative estimate of drug-likeness (QED) is 0.811. The van der Waals surface area contributed by atoms with E-state index in [9.17, 15) is 5.11 Å². The fraction of sp³-hybridized carbons (Fsp3) is 0.706. The minimum absolute atomic E-state index is 0.513. The highest BCUT2D eigenvalue weighted by Crippen LogP contribution is 2.22. The monoisotopic (exact) mass is 291 g/mol. The number of pyridine rings is 1. The van der Waals surface area contributed by atoms with E-state index in [2.05, 4.69) is 29.0 Å². The van der Waals surface area contributed by atoms with Gasteiger partial charge in [0.05, 0.1) is 5.60 Å². The summed E-state index contributed by atoms with van der Waals surface area (Å²) in [6.45, 7) is 10.1. The van der Waals surface area contributed by atoms with Crippen LogP contribution in [0.5, 0.6) is 0 Å². The van der Waals surface area contributed by atoms with Crippen LogP contribution in [-0.2, 0) is 0 Å². The smallest absolute Gasteiger partial charge is 0.126 e. The highest BCUT2D eigenvalue weighted by atomic mass is 16.3. The first-order valence-corrected chi connectivity index (χ1v) is 8.17. The van der Waals surface area contributed by atoms with Crippen LogP contribution in [-0.4, -0.2) is 46.8 Å². The van der Waals surface area contributed by atoms with Gasteiger partial charge in [-0.2, -0.15) is 0 Å². The summed E-state index contributed by atoms with van der Waals surface area (Å²) in [6.07, 6.45) is 2.86. The van der Waals surface area contributed by atoms with Gasteiger partial charge in [0.15, 0.2) is 0 Å². The lowest BCUT2D eigenvalue weighted by molar-refractivity contribution is 0.00173. The maximum Gasteiger partial charge on any atom is 0.126 e. The van der Waals surface area contributed by atoms with E-state index in [0.29, 0.717) is 5.92 Å². The van der Waals surface area contributed by atoms with E-state index in [1.54, 1.807) is 0 Å². The molecule has 1 saturated heterocycles. The third-order valence-corrected chi connectivity index (χ3v) is 4.66. The van der Waals surface area contributed by atoms with E-state index in [4.69, 9.17) is 0 Å². The summed E-state index contributed by atoms with van der Waals surface area (Å²) in [6, 6.07) is 6.07. The maximum atomic E-state index is 10.4. The van der Waals surface area contributed by atoms with Crippen molar-refractivity contribution in [3.8, 4) is 0 Å². The zero-order chi connectivity index (χ0) is 15.3. The average molecular weight is 291 g/mol. The topological polar surface area (TPSA) is 48.4 Å². The molecule has 2 rings (SSSR count). The van der Waals surface area contributed by atoms with Gasteiger partial charge < -0.3 is 15.3 Å². The van der Waals surface area contributed by atoms with Crippen molar-refractivity contribution < 1.29 is 5.11 Å². The summed E-state index contributed by atoms with van der Waals surface area (Å²) in [5.41, 5.74) is 0.532. The number of nitrogens with zero attached hydrogens (tertiary/aromatic N) is 2. The van der Waals surface area contributed by atoms with Crippen LogP contribution < -0.4 is 5.32 Å². The minimum atomic E-state index is -0.513. The second-order valence-electron chi connectivity index (χ2n) is 6.37. The Morgan fingerprint density at radius 2 is 2.14 bits per heavy atom. The van der Waals surface area contributed by atoms with Crippen molar-refractivity contribution in [2.75, 3.05) is 31.5 Å². The molecule has 1 unspecified atom stereocenters. The Hall–Kier alpha value is -1.13. The van der Waals surface area contributed by atoms with Gasteiger partial charge in [0, 0.05) is 25.3 Å². The Morgan fingerprint density at radius 3 is 2.81 bits per heavy atom. The molecule has 0 aliphatic carbocycles. The van der Waals surface area contributed by atoms with Gasteiger partial charge in [-0.3, -0.25) is 0 Å². The van der Waals surface area contributed by atoms with Gasteiger partial charge in [0.2, 0.25) is 0 Å². The Bertz CT molecular complexity index is 445. The molecule has 4 nitrogen and oxygen atoms in total. The second-order valence-corrected chi connectivity index (χ2v) is 6.37. The molecule has 0 bridgehead atoms. The number of likely N-dealkylation sites (tertiary alicyclic amines) is 1. The number of aromatic nitrogens is 1. The van der Waals surface area contributed by atoms with Crippen molar-refractivity contribution in [1.29, 1.82) is 0 Å². The summed E-state index contributed by atoms with van der Waals surface area (Å²) in [5.74, 6) is 1.61. The molecule has 1 aliphatic heterocycles. The number of β-amino-alcohol motifs (C(OH)–C–C–N with tert-alkyl or cyclic N) is 1. The summed E-state index contributed by atoms with van der Waals surface area (Å²) >= 11 is 0. The number of hydrogen-bond acceptors (Lipinski definition) is 4. The standard InChI is InChI=1S/C17H29N3O/c1-4-17(21,5-2)13-20-10-9-15(12-20)11-18-16-8-6-7-14(3)19-16/h6-8,15,21H,4-5,9-13H2,1-3H3,(H,18,19). The van der Waals surface area contributed by atoms with Crippen LogP contribution in [0, 0.1) is 12.8 Å². The third-order valence-electron chi connectivity index (χ3n) is 4.66. The molecule has 0 amide bonds. The van der Waals surface area contributed by atoms with Crippen molar-refractivity contribution in [2.45, 2.75) is 45.6 Å². The number of aryl methyl sites for hydroxylation is 1. The molecule has 21 heavy (non-hydrogen) atoms. The number of nitrogens with one attached hydrogen (secondary N) is 1. The molecule has 1 aromatic heterocycles. The van der Waals surface area contributed by atoms with Gasteiger partial charge in [0.25, 0.3) is 0 Å². The lowest BCUT2D eigenvalue weighted by Crippen LogP contribution is -2.41. The molecule has 1 aromatic rings. The highest BCUT2D eigenvalue weighted by molar-refractivity contribution is 5.35. The van der Waals surface area contributed by atoms with Crippen LogP contribution in [0.4, 0.5) is 5.82 Å². The number of rotatable bonds is 7. The predicted octanol–water partition coefficient (Wildman–Crippen LogP) is 2.67. The summed E-state index contributed by atoms with van der Waals surface area (Å²) in [5, 5.41) is 13.9. The summed E-state index contributed by atoms with van der Waals surface area (Å²) in [4.78, 5) is 6.88. The first-order chi connectivity index (χ1) is 10.0. The van der Waals surface area contributed by atoms with Crippen LogP contribution >= 0.6 is 0 Å². The highest BCUT2D eigenvalue weighted by Gasteiger charge is 2.30. The van der Waals surface area contributed by atoms with Crippen LogP contribution in [0.2, 0.25) is 0 Å². The van der Waals surface area contributed by atoms with Crippen molar-refractivity contribution in [3.63, 3.8) is 0 Å². The van der Waals surface area contributed by atoms with E-state index in [1.807, 2.05) is 25.1 Å². The summed E-state index contributed by atoms with van der Waals surface area (Å²) < 4.78 is 0. The van der Waals surface area contributed by atoms with E-state index in [-0.39, 0.29) is 0 Å². The van der Waals surface area contributed by atoms with E-state index in [1.165, 1.54) is 6.42 Å². The lowest BCUT2D eigenvalue weighted by atomic mass is 9.97. The third kappa shape index (κ3) is 4.68. The largest absolute Gasteiger partial charge is 0.389 e. The van der Waals surface area contributed by atoms with Crippen molar-refractivity contribution >= 4 is 5.82 Å². The number of hydrogen-bond donors (Lipinski definition) is 2. The zero-order valence-corrected chi connectivity index (χ0v) is 13.6. The average Bonchev–Trinajstić information content (AvgIpc) is 2.92. The molecular formula is C17H29N3O. The van der Waals surface area contributed by atoms with E-state index in [0.717, 1.165) is 50.5 Å². The molecule has 2 heterocycles. The molecule has 0 saturated carbocycles. The van der Waals surface area contributed by atoms with Gasteiger partial charge in [-0.15, -0.1) is 0 Å². The van der Waals surface area contributed by atoms with Crippen LogP contribution in [0.1, 0.15) is 38.8 Å². The van der Waals surface area contributed by atoms with Crippen molar-refractivity contribution in [1.82, 2.24) is 9.88 Å². The molecule has 1 aliphatic rings. The van der Waals surface area contributed by atoms with Gasteiger partial charge >= 0.3 is 0 Å². The molecule has 0 aromatic carbocycles. The zero-order valence-electron chi connectivity index (χ0n) is 13.6. The predicted molar refractivity (Wildman–Crippen MR) is 87.5 cm³/mol. The molecule has 118 valence electrons. The Kier molecular flexibility index (Phi) is 5.59. The summed E-state index contributed by atoms with van der Waals surface area (Å²) in [7, 11) is 0. The van der Waals surface area contributed by atoms with E-state index >= 15 is 0 Å². The normalized spacial score (nSPS) is 19.9. The van der Waals surface area contributed by atoms with Crippen LogP contribution in [0.25, 0.3) is 0 Å². The number of anilines is 1. The molecule has 2 N–H and O–H groups in total. The first kappa shape index (κ1) is 16.2. The first-order valence-electron chi connectivity index (χ1n) is 8.17. The number of aliphatic hydroxyl groups is 1. The maximum absolute atomic E-state index is 10.4. The fourth-order valence-electron chi connectivity index (χ4n) is 3.00. The molecule has 0 spiro atoms. The second kappa shape index (κ2) is 7.23. The van der Waals surface area contributed by atoms with Crippen molar-refractivity contribution in [3.05, 3.63) is 23.9 Å². The molecular weight excluding hydrogens is 262 g/mol. The Labute approximate surface area is 128 Å². The molecule has 1 fully saturated rings. The van der Waals surface area contributed by atoms with E-state index < -0.39 is 5.60 Å². The molecule has 1 atom stereocenters. The van der Waals surface area contributed by atoms with Crippen LogP contribution in [0.15, 0.2) is 18.2 Å². The SMILES string of the molecule is CCC(O)(CC)CN1CCC(CNc2cccc(C)n2)C1. The van der Waals surface area contributed by atoms with Gasteiger partial charge in [-0.1, -0.05) is 19.9 Å². The van der Waals surface area contributed by atoms with Crippen molar-refractivity contribution in [2.24, 2.45) is 5.92 Å². The molecule has 0 radical (unpaired) electrons.